The number of nitrogens with zero attached hydrogens (tertiary/aromatic N) is 3. The first kappa shape index (κ1) is 19.1. The van der Waals surface area contributed by atoms with Gasteiger partial charge in [-0.2, -0.15) is 18.3 Å². The molecule has 1 aliphatic heterocycles. The van der Waals surface area contributed by atoms with Gasteiger partial charge in [0, 0.05) is 30.4 Å². The monoisotopic (exact) mass is 391 g/mol. The molecule has 1 aromatic carbocycles. The zero-order valence-corrected chi connectivity index (χ0v) is 15.8. The van der Waals surface area contributed by atoms with Crippen LogP contribution in [0, 0.1) is 12.8 Å². The van der Waals surface area contributed by atoms with Crippen molar-refractivity contribution < 1.29 is 18.3 Å². The van der Waals surface area contributed by atoms with E-state index in [9.17, 15) is 18.3 Å². The van der Waals surface area contributed by atoms with Gasteiger partial charge in [-0.05, 0) is 62.3 Å². The molecule has 1 N–H and O–H groups in total. The summed E-state index contributed by atoms with van der Waals surface area (Å²) in [6, 6.07) is 3.96. The third-order valence-corrected chi connectivity index (χ3v) is 5.84. The molecule has 2 aliphatic rings. The van der Waals surface area contributed by atoms with Crippen LogP contribution in [0.1, 0.15) is 37.3 Å². The average molecular weight is 391 g/mol. The summed E-state index contributed by atoms with van der Waals surface area (Å²) in [7, 11) is 0. The molecule has 1 saturated carbocycles. The van der Waals surface area contributed by atoms with Gasteiger partial charge in [-0.1, -0.05) is 12.2 Å². The van der Waals surface area contributed by atoms with Crippen molar-refractivity contribution in [2.45, 2.75) is 44.8 Å². The van der Waals surface area contributed by atoms with Gasteiger partial charge in [0.15, 0.2) is 0 Å². The minimum atomic E-state index is -4.40. The van der Waals surface area contributed by atoms with Crippen molar-refractivity contribution >= 4 is 16.6 Å². The van der Waals surface area contributed by atoms with E-state index in [1.165, 1.54) is 11.0 Å². The van der Waals surface area contributed by atoms with E-state index in [1.807, 2.05) is 29.9 Å². The van der Waals surface area contributed by atoms with Gasteiger partial charge in [0.05, 0.1) is 11.6 Å². The summed E-state index contributed by atoms with van der Waals surface area (Å²) in [6.07, 6.45) is 5.71. The molecular weight excluding hydrogens is 367 g/mol. The summed E-state index contributed by atoms with van der Waals surface area (Å²) < 4.78 is 42.3. The van der Waals surface area contributed by atoms with Gasteiger partial charge in [0.1, 0.15) is 5.70 Å². The van der Waals surface area contributed by atoms with E-state index in [-0.39, 0.29) is 19.2 Å². The second kappa shape index (κ2) is 7.28. The number of rotatable bonds is 3. The number of aromatic nitrogens is 2. The highest BCUT2D eigenvalue weighted by atomic mass is 19.4. The van der Waals surface area contributed by atoms with Gasteiger partial charge >= 0.3 is 6.18 Å². The number of aliphatic hydroxyl groups is 1. The minimum Gasteiger partial charge on any atom is -0.396 e. The number of aliphatic hydroxyl groups excluding tert-OH is 1. The van der Waals surface area contributed by atoms with Gasteiger partial charge in [0.25, 0.3) is 0 Å². The van der Waals surface area contributed by atoms with Gasteiger partial charge in [-0.15, -0.1) is 0 Å². The Kier molecular flexibility index (Phi) is 4.95. The Morgan fingerprint density at radius 2 is 1.93 bits per heavy atom. The molecule has 0 bridgehead atoms. The molecule has 0 atom stereocenters. The summed E-state index contributed by atoms with van der Waals surface area (Å²) in [5.74, 6) is 0.370. The molecule has 7 heteroatoms. The number of fused-ring (bicyclic) bond motifs is 1. The van der Waals surface area contributed by atoms with Gasteiger partial charge in [0.2, 0.25) is 0 Å². The van der Waals surface area contributed by atoms with Gasteiger partial charge < -0.3 is 10.0 Å². The van der Waals surface area contributed by atoms with Crippen LogP contribution in [0.25, 0.3) is 10.9 Å². The van der Waals surface area contributed by atoms with Crippen LogP contribution in [-0.2, 0) is 0 Å². The molecule has 4 nitrogen and oxygen atoms in total. The topological polar surface area (TPSA) is 41.3 Å². The molecular formula is C21H24F3N3O. The Morgan fingerprint density at radius 1 is 1.18 bits per heavy atom. The number of hydrogen-bond acceptors (Lipinski definition) is 3. The predicted molar refractivity (Wildman–Crippen MR) is 103 cm³/mol. The number of alkyl halides is 3. The SMILES string of the molecule is Cc1cc2nn(C3CCC(CO)CC3)cc2cc1N1CC=CC=C1C(F)(F)F. The number of hydrogen-bond donors (Lipinski definition) is 1. The summed E-state index contributed by atoms with van der Waals surface area (Å²) in [5.41, 5.74) is 1.49. The lowest BCUT2D eigenvalue weighted by Crippen LogP contribution is -2.33. The number of halogens is 3. The highest BCUT2D eigenvalue weighted by Gasteiger charge is 2.38. The van der Waals surface area contributed by atoms with E-state index in [2.05, 4.69) is 5.10 Å². The predicted octanol–water partition coefficient (Wildman–Crippen LogP) is 4.89. The second-order valence-corrected chi connectivity index (χ2v) is 7.75. The number of anilines is 1. The van der Waals surface area contributed by atoms with Crippen molar-refractivity contribution in [1.29, 1.82) is 0 Å². The van der Waals surface area contributed by atoms with Crippen molar-refractivity contribution in [3.8, 4) is 0 Å². The van der Waals surface area contributed by atoms with Crippen LogP contribution in [0.5, 0.6) is 0 Å². The maximum atomic E-state index is 13.5. The first-order valence-corrected chi connectivity index (χ1v) is 9.68. The van der Waals surface area contributed by atoms with E-state index < -0.39 is 11.9 Å². The molecule has 2 heterocycles. The summed E-state index contributed by atoms with van der Waals surface area (Å²) in [5, 5.41) is 14.8. The Labute approximate surface area is 161 Å². The lowest BCUT2D eigenvalue weighted by Gasteiger charge is -2.30. The first-order valence-electron chi connectivity index (χ1n) is 9.68. The molecule has 0 amide bonds. The summed E-state index contributed by atoms with van der Waals surface area (Å²) >= 11 is 0. The van der Waals surface area contributed by atoms with E-state index in [0.29, 0.717) is 11.6 Å². The van der Waals surface area contributed by atoms with Crippen molar-refractivity contribution in [3.63, 3.8) is 0 Å². The lowest BCUT2D eigenvalue weighted by molar-refractivity contribution is -0.0933. The Morgan fingerprint density at radius 3 is 2.61 bits per heavy atom. The van der Waals surface area contributed by atoms with Crippen LogP contribution in [0.4, 0.5) is 18.9 Å². The molecule has 2 aromatic rings. The molecule has 150 valence electrons. The molecule has 28 heavy (non-hydrogen) atoms. The fraction of sp³-hybridized carbons (Fsp3) is 0.476. The van der Waals surface area contributed by atoms with E-state index in [4.69, 9.17) is 0 Å². The molecule has 1 aliphatic carbocycles. The maximum Gasteiger partial charge on any atom is 0.431 e. The van der Waals surface area contributed by atoms with Crippen molar-refractivity contribution in [2.24, 2.45) is 5.92 Å². The Bertz CT molecular complexity index is 921. The number of aryl methyl sites for hydroxylation is 1. The molecule has 0 spiro atoms. The Balaban J connectivity index is 1.65. The zero-order chi connectivity index (χ0) is 19.9. The van der Waals surface area contributed by atoms with Crippen LogP contribution in [0.2, 0.25) is 0 Å². The standard InChI is InChI=1S/C21H24F3N3O/c1-14-10-18-16(12-27(25-18)17-7-5-15(13-28)6-8-17)11-19(14)26-9-3-2-4-20(26)21(22,23)24/h2-4,10-12,15,17,28H,5-9,13H2,1H3. The van der Waals surface area contributed by atoms with E-state index >= 15 is 0 Å². The van der Waals surface area contributed by atoms with Crippen LogP contribution >= 0.6 is 0 Å². The lowest BCUT2D eigenvalue weighted by atomic mass is 9.87. The molecule has 4 rings (SSSR count). The van der Waals surface area contributed by atoms with Crippen molar-refractivity contribution in [2.75, 3.05) is 18.1 Å². The van der Waals surface area contributed by atoms with Crippen LogP contribution in [-0.4, -0.2) is 34.2 Å². The first-order chi connectivity index (χ1) is 13.4. The third-order valence-electron chi connectivity index (χ3n) is 5.84. The molecule has 1 fully saturated rings. The largest absolute Gasteiger partial charge is 0.431 e. The fourth-order valence-electron chi connectivity index (χ4n) is 4.24. The molecule has 0 saturated heterocycles. The van der Waals surface area contributed by atoms with Gasteiger partial charge in [-0.3, -0.25) is 4.68 Å². The molecule has 0 radical (unpaired) electrons. The highest BCUT2D eigenvalue weighted by Crippen LogP contribution is 2.37. The van der Waals surface area contributed by atoms with Gasteiger partial charge in [-0.25, -0.2) is 0 Å². The van der Waals surface area contributed by atoms with Crippen molar-refractivity contribution in [3.05, 3.63) is 47.8 Å². The third kappa shape index (κ3) is 3.55. The van der Waals surface area contributed by atoms with Crippen LogP contribution in [0.15, 0.2) is 42.3 Å². The second-order valence-electron chi connectivity index (χ2n) is 7.75. The normalized spacial score (nSPS) is 23.3. The smallest absolute Gasteiger partial charge is 0.396 e. The number of allylic oxidation sites excluding steroid dienone is 3. The summed E-state index contributed by atoms with van der Waals surface area (Å²) in [4.78, 5) is 1.32. The van der Waals surface area contributed by atoms with Crippen LogP contribution < -0.4 is 4.90 Å². The molecule has 1 aromatic heterocycles. The minimum absolute atomic E-state index is 0.191. The highest BCUT2D eigenvalue weighted by molar-refractivity contribution is 5.85. The fourth-order valence-corrected chi connectivity index (χ4v) is 4.24. The zero-order valence-electron chi connectivity index (χ0n) is 15.8. The van der Waals surface area contributed by atoms with E-state index in [1.54, 1.807) is 6.08 Å². The van der Waals surface area contributed by atoms with Crippen molar-refractivity contribution in [1.82, 2.24) is 9.78 Å². The quantitative estimate of drug-likeness (QED) is 0.810. The molecule has 0 unspecified atom stereocenters. The Hall–Kier alpha value is -2.28. The number of benzene rings is 1. The maximum absolute atomic E-state index is 13.5. The van der Waals surface area contributed by atoms with E-state index in [0.717, 1.165) is 48.2 Å². The average Bonchev–Trinajstić information content (AvgIpc) is 3.09. The van der Waals surface area contributed by atoms with Crippen LogP contribution in [0.3, 0.4) is 0 Å². The summed E-state index contributed by atoms with van der Waals surface area (Å²) in [6.45, 7) is 2.25.